The van der Waals surface area contributed by atoms with Crippen molar-refractivity contribution < 1.29 is 4.39 Å². The second-order valence-corrected chi connectivity index (χ2v) is 3.06. The van der Waals surface area contributed by atoms with E-state index in [1.807, 2.05) is 0 Å². The van der Waals surface area contributed by atoms with Gasteiger partial charge in [-0.1, -0.05) is 6.92 Å². The molecule has 0 amide bonds. The molecule has 0 N–H and O–H groups in total. The summed E-state index contributed by atoms with van der Waals surface area (Å²) in [6.07, 6.45) is 2.27. The predicted molar refractivity (Wildman–Crippen MR) is 40.8 cm³/mol. The second kappa shape index (κ2) is 3.91. The van der Waals surface area contributed by atoms with Crippen LogP contribution in [0.25, 0.3) is 0 Å². The van der Waals surface area contributed by atoms with Gasteiger partial charge in [-0.25, -0.2) is 0 Å². The molecule has 0 aliphatic carbocycles. The highest BCUT2D eigenvalue weighted by Crippen LogP contribution is 2.15. The molecule has 0 saturated carbocycles. The Labute approximate surface area is 62.2 Å². The lowest BCUT2D eigenvalue weighted by Gasteiger charge is -2.30. The van der Waals surface area contributed by atoms with Crippen LogP contribution < -0.4 is 0 Å². The van der Waals surface area contributed by atoms with Gasteiger partial charge in [-0.3, -0.25) is 4.39 Å². The zero-order valence-electron chi connectivity index (χ0n) is 6.65. The zero-order valence-corrected chi connectivity index (χ0v) is 6.65. The number of likely N-dealkylation sites (tertiary alicyclic amines) is 1. The summed E-state index contributed by atoms with van der Waals surface area (Å²) in [4.78, 5) is 2.33. The van der Waals surface area contributed by atoms with Crippen LogP contribution in [0.2, 0.25) is 0 Å². The topological polar surface area (TPSA) is 3.24 Å². The van der Waals surface area contributed by atoms with Crippen LogP contribution in [0.15, 0.2) is 0 Å². The molecular weight excluding hydrogens is 129 g/mol. The van der Waals surface area contributed by atoms with E-state index in [0.29, 0.717) is 5.92 Å². The molecule has 1 aliphatic rings. The molecule has 1 saturated heterocycles. The quantitative estimate of drug-likeness (QED) is 0.571. The lowest BCUT2D eigenvalue weighted by atomic mass is 10.00. The number of rotatable bonds is 2. The Hall–Kier alpha value is -0.110. The lowest BCUT2D eigenvalue weighted by Crippen LogP contribution is -2.35. The molecule has 60 valence electrons. The van der Waals surface area contributed by atoms with Gasteiger partial charge < -0.3 is 4.90 Å². The van der Waals surface area contributed by atoms with Crippen molar-refractivity contribution >= 4 is 0 Å². The summed E-state index contributed by atoms with van der Waals surface area (Å²) in [5.74, 6) is 0.327. The van der Waals surface area contributed by atoms with Gasteiger partial charge in [0, 0.05) is 12.5 Å². The van der Waals surface area contributed by atoms with E-state index in [4.69, 9.17) is 0 Å². The molecule has 1 atom stereocenters. The molecule has 2 heteroatoms. The summed E-state index contributed by atoms with van der Waals surface area (Å²) >= 11 is 0. The summed E-state index contributed by atoms with van der Waals surface area (Å²) < 4.78 is 12.2. The van der Waals surface area contributed by atoms with Crippen molar-refractivity contribution in [1.29, 1.82) is 0 Å². The lowest BCUT2D eigenvalue weighted by molar-refractivity contribution is 0.160. The van der Waals surface area contributed by atoms with Gasteiger partial charge in [0.05, 0.1) is 6.67 Å². The number of alkyl halides is 1. The number of halogens is 1. The largest absolute Gasteiger partial charge is 0.303 e. The fraction of sp³-hybridized carbons (Fsp3) is 1.00. The normalized spacial score (nSPS) is 28.8. The van der Waals surface area contributed by atoms with Gasteiger partial charge in [-0.15, -0.1) is 0 Å². The molecule has 0 bridgehead atoms. The van der Waals surface area contributed by atoms with Gasteiger partial charge in [0.1, 0.15) is 0 Å². The Morgan fingerprint density at radius 1 is 1.60 bits per heavy atom. The van der Waals surface area contributed by atoms with Gasteiger partial charge in [-0.2, -0.15) is 0 Å². The van der Waals surface area contributed by atoms with E-state index in [0.717, 1.165) is 19.5 Å². The van der Waals surface area contributed by atoms with Crippen LogP contribution in [-0.2, 0) is 0 Å². The van der Waals surface area contributed by atoms with E-state index in [1.165, 1.54) is 13.0 Å². The van der Waals surface area contributed by atoms with Crippen molar-refractivity contribution in [1.82, 2.24) is 4.90 Å². The van der Waals surface area contributed by atoms with E-state index in [1.54, 1.807) is 0 Å². The fourth-order valence-electron chi connectivity index (χ4n) is 1.56. The van der Waals surface area contributed by atoms with Crippen LogP contribution in [0.5, 0.6) is 0 Å². The maximum absolute atomic E-state index is 12.2. The molecular formula is C8H16FN. The van der Waals surface area contributed by atoms with Crippen molar-refractivity contribution in [2.75, 3.05) is 26.3 Å². The molecule has 1 rings (SSSR count). The van der Waals surface area contributed by atoms with Crippen molar-refractivity contribution in [3.63, 3.8) is 0 Å². The second-order valence-electron chi connectivity index (χ2n) is 3.06. The predicted octanol–water partition coefficient (Wildman–Crippen LogP) is 1.69. The van der Waals surface area contributed by atoms with Gasteiger partial charge >= 0.3 is 0 Å². The van der Waals surface area contributed by atoms with Crippen LogP contribution >= 0.6 is 0 Å². The molecule has 0 aromatic carbocycles. The van der Waals surface area contributed by atoms with Gasteiger partial charge in [0.2, 0.25) is 0 Å². The first-order valence-electron chi connectivity index (χ1n) is 4.15. The molecule has 1 fully saturated rings. The van der Waals surface area contributed by atoms with Crippen molar-refractivity contribution in [3.8, 4) is 0 Å². The molecule has 1 unspecified atom stereocenters. The molecule has 0 radical (unpaired) electrons. The summed E-state index contributed by atoms with van der Waals surface area (Å²) in [6, 6.07) is 0. The van der Waals surface area contributed by atoms with E-state index in [-0.39, 0.29) is 6.67 Å². The van der Waals surface area contributed by atoms with Crippen LogP contribution in [0.4, 0.5) is 4.39 Å². The number of hydrogen-bond donors (Lipinski definition) is 0. The van der Waals surface area contributed by atoms with E-state index < -0.39 is 0 Å². The minimum absolute atomic E-state index is 0.128. The molecule has 1 heterocycles. The average Bonchev–Trinajstić information content (AvgIpc) is 2.05. The number of piperidine rings is 1. The van der Waals surface area contributed by atoms with Crippen LogP contribution in [-0.4, -0.2) is 31.2 Å². The Morgan fingerprint density at radius 3 is 3.00 bits per heavy atom. The van der Waals surface area contributed by atoms with E-state index >= 15 is 0 Å². The Kier molecular flexibility index (Phi) is 3.13. The maximum Gasteiger partial charge on any atom is 0.0934 e. The van der Waals surface area contributed by atoms with Gasteiger partial charge in [0.15, 0.2) is 0 Å². The van der Waals surface area contributed by atoms with Crippen molar-refractivity contribution in [3.05, 3.63) is 0 Å². The smallest absolute Gasteiger partial charge is 0.0934 e. The highest BCUT2D eigenvalue weighted by molar-refractivity contribution is 4.70. The van der Waals surface area contributed by atoms with Crippen LogP contribution in [0.1, 0.15) is 19.8 Å². The fourth-order valence-corrected chi connectivity index (χ4v) is 1.56. The maximum atomic E-state index is 12.2. The molecule has 0 aromatic rings. The molecule has 10 heavy (non-hydrogen) atoms. The summed E-state index contributed by atoms with van der Waals surface area (Å²) in [5, 5.41) is 0. The number of hydrogen-bond acceptors (Lipinski definition) is 1. The molecule has 1 aliphatic heterocycles. The Morgan fingerprint density at radius 2 is 2.40 bits per heavy atom. The third-order valence-electron chi connectivity index (χ3n) is 2.27. The Bertz CT molecular complexity index is 85.3. The van der Waals surface area contributed by atoms with Crippen molar-refractivity contribution in [2.45, 2.75) is 19.8 Å². The minimum atomic E-state index is -0.128. The first-order chi connectivity index (χ1) is 4.86. The average molecular weight is 145 g/mol. The highest BCUT2D eigenvalue weighted by Gasteiger charge is 2.17. The number of nitrogens with zero attached hydrogens (tertiary/aromatic N) is 1. The third-order valence-corrected chi connectivity index (χ3v) is 2.27. The first-order valence-corrected chi connectivity index (χ1v) is 4.15. The summed E-state index contributed by atoms with van der Waals surface area (Å²) in [6.45, 7) is 5.24. The summed E-state index contributed by atoms with van der Waals surface area (Å²) in [7, 11) is 0. The van der Waals surface area contributed by atoms with Gasteiger partial charge in [0.25, 0.3) is 0 Å². The highest BCUT2D eigenvalue weighted by atomic mass is 19.1. The Balaban J connectivity index is 2.25. The SMILES string of the molecule is CCN1CCCC(CF)C1. The molecule has 0 spiro atoms. The molecule has 1 nitrogen and oxygen atoms in total. The van der Waals surface area contributed by atoms with Crippen LogP contribution in [0, 0.1) is 5.92 Å². The zero-order chi connectivity index (χ0) is 7.40. The van der Waals surface area contributed by atoms with Gasteiger partial charge in [-0.05, 0) is 25.9 Å². The standard InChI is InChI=1S/C8H16FN/c1-2-10-5-3-4-8(6-9)7-10/h8H,2-7H2,1H3. The van der Waals surface area contributed by atoms with E-state index in [9.17, 15) is 4.39 Å². The van der Waals surface area contributed by atoms with E-state index in [2.05, 4.69) is 11.8 Å². The molecule has 0 aromatic heterocycles. The van der Waals surface area contributed by atoms with Crippen molar-refractivity contribution in [2.24, 2.45) is 5.92 Å². The summed E-state index contributed by atoms with van der Waals surface area (Å²) in [5.41, 5.74) is 0. The minimum Gasteiger partial charge on any atom is -0.303 e. The third kappa shape index (κ3) is 1.94. The monoisotopic (exact) mass is 145 g/mol. The van der Waals surface area contributed by atoms with Crippen LogP contribution in [0.3, 0.4) is 0 Å². The first kappa shape index (κ1) is 7.99.